The van der Waals surface area contributed by atoms with Crippen molar-refractivity contribution in [2.45, 2.75) is 25.9 Å². The molecule has 0 spiro atoms. The first-order valence-electron chi connectivity index (χ1n) is 10.7. The number of carbonyl (C=O) groups is 3. The van der Waals surface area contributed by atoms with Crippen molar-refractivity contribution in [2.24, 2.45) is 0 Å². The van der Waals surface area contributed by atoms with Crippen LogP contribution >= 0.6 is 0 Å². The van der Waals surface area contributed by atoms with Gasteiger partial charge >= 0.3 is 6.03 Å². The minimum absolute atomic E-state index is 0.141. The Hall–Kier alpha value is -4.13. The molecular weight excluding hydrogens is 418 g/mol. The summed E-state index contributed by atoms with van der Waals surface area (Å²) in [5, 5.41) is 2.80. The number of para-hydroxylation sites is 1. The predicted octanol–water partition coefficient (Wildman–Crippen LogP) is 4.37. The van der Waals surface area contributed by atoms with E-state index in [4.69, 9.17) is 4.74 Å². The lowest BCUT2D eigenvalue weighted by atomic mass is 10.1. The lowest BCUT2D eigenvalue weighted by Crippen LogP contribution is -2.37. The van der Waals surface area contributed by atoms with Gasteiger partial charge in [0.15, 0.2) is 0 Å². The summed E-state index contributed by atoms with van der Waals surface area (Å²) >= 11 is 0. The molecule has 1 saturated heterocycles. The second-order valence-corrected chi connectivity index (χ2v) is 7.91. The van der Waals surface area contributed by atoms with Gasteiger partial charge in [-0.05, 0) is 54.4 Å². The van der Waals surface area contributed by atoms with Gasteiger partial charge < -0.3 is 15.0 Å². The Balaban J connectivity index is 1.61. The van der Waals surface area contributed by atoms with Gasteiger partial charge in [0.05, 0.1) is 19.2 Å². The van der Waals surface area contributed by atoms with Crippen LogP contribution in [0.5, 0.6) is 5.75 Å². The molecule has 0 unspecified atom stereocenters. The topological polar surface area (TPSA) is 79.0 Å². The van der Waals surface area contributed by atoms with Crippen molar-refractivity contribution >= 4 is 29.2 Å². The number of carbonyl (C=O) groups excluding carboxylic acids is 3. The standard InChI is InChI=1S/C26H25N3O4/c1-18-7-6-10-21(15-18)29-25(31)23(16-24(30)27-20-8-4-3-5-9-20)28(26(29)32)17-19-11-13-22(33-2)14-12-19/h3-15,23H,16-17H2,1-2H3,(H,27,30)/t23-/m0/s1. The Morgan fingerprint density at radius 2 is 1.70 bits per heavy atom. The Labute approximate surface area is 192 Å². The van der Waals surface area contributed by atoms with Crippen LogP contribution in [0.2, 0.25) is 0 Å². The minimum atomic E-state index is -0.913. The van der Waals surface area contributed by atoms with E-state index in [1.807, 2.05) is 43.3 Å². The number of methoxy groups -OCH3 is 1. The molecule has 0 saturated carbocycles. The van der Waals surface area contributed by atoms with E-state index < -0.39 is 18.0 Å². The Bertz CT molecular complexity index is 1160. The van der Waals surface area contributed by atoms with E-state index in [0.717, 1.165) is 16.0 Å². The summed E-state index contributed by atoms with van der Waals surface area (Å²) < 4.78 is 5.20. The van der Waals surface area contributed by atoms with Crippen LogP contribution in [0.3, 0.4) is 0 Å². The zero-order valence-electron chi connectivity index (χ0n) is 18.5. The van der Waals surface area contributed by atoms with E-state index in [9.17, 15) is 14.4 Å². The highest BCUT2D eigenvalue weighted by molar-refractivity contribution is 6.22. The molecule has 0 radical (unpaired) electrons. The van der Waals surface area contributed by atoms with Crippen LogP contribution in [0.15, 0.2) is 78.9 Å². The molecule has 1 aliphatic heterocycles. The van der Waals surface area contributed by atoms with Crippen molar-refractivity contribution in [3.05, 3.63) is 90.0 Å². The minimum Gasteiger partial charge on any atom is -0.497 e. The Morgan fingerprint density at radius 1 is 0.970 bits per heavy atom. The summed E-state index contributed by atoms with van der Waals surface area (Å²) in [6.07, 6.45) is -0.141. The normalized spacial score (nSPS) is 15.6. The highest BCUT2D eigenvalue weighted by Crippen LogP contribution is 2.29. The third-order valence-electron chi connectivity index (χ3n) is 5.53. The van der Waals surface area contributed by atoms with Gasteiger partial charge in [-0.3, -0.25) is 9.59 Å². The predicted molar refractivity (Wildman–Crippen MR) is 126 cm³/mol. The number of nitrogens with one attached hydrogen (secondary N) is 1. The number of benzene rings is 3. The monoisotopic (exact) mass is 443 g/mol. The molecule has 1 fully saturated rings. The van der Waals surface area contributed by atoms with Crippen molar-refractivity contribution in [3.63, 3.8) is 0 Å². The first kappa shape index (κ1) is 22.1. The summed E-state index contributed by atoms with van der Waals surface area (Å²) in [7, 11) is 1.58. The van der Waals surface area contributed by atoms with Crippen LogP contribution in [-0.2, 0) is 16.1 Å². The average Bonchev–Trinajstić information content (AvgIpc) is 3.04. The molecule has 3 aromatic carbocycles. The fraction of sp³-hybridized carbons (Fsp3) is 0.192. The van der Waals surface area contributed by atoms with Gasteiger partial charge in [0.1, 0.15) is 11.8 Å². The smallest absolute Gasteiger partial charge is 0.332 e. The van der Waals surface area contributed by atoms with E-state index in [1.165, 1.54) is 4.90 Å². The zero-order chi connectivity index (χ0) is 23.4. The fourth-order valence-electron chi connectivity index (χ4n) is 3.86. The summed E-state index contributed by atoms with van der Waals surface area (Å²) in [5.74, 6) is -0.0525. The van der Waals surface area contributed by atoms with Crippen LogP contribution in [0.1, 0.15) is 17.5 Å². The molecule has 33 heavy (non-hydrogen) atoms. The third kappa shape index (κ3) is 4.87. The van der Waals surface area contributed by atoms with Gasteiger partial charge in [0.25, 0.3) is 5.91 Å². The molecule has 1 atom stereocenters. The number of anilines is 2. The number of nitrogens with zero attached hydrogens (tertiary/aromatic N) is 2. The summed E-state index contributed by atoms with van der Waals surface area (Å²) in [6.45, 7) is 2.09. The van der Waals surface area contributed by atoms with Crippen LogP contribution in [-0.4, -0.2) is 35.9 Å². The van der Waals surface area contributed by atoms with Gasteiger partial charge in [-0.25, -0.2) is 9.69 Å². The molecule has 7 nitrogen and oxygen atoms in total. The number of amides is 4. The zero-order valence-corrected chi connectivity index (χ0v) is 18.5. The van der Waals surface area contributed by atoms with Crippen molar-refractivity contribution in [1.82, 2.24) is 4.90 Å². The van der Waals surface area contributed by atoms with Gasteiger partial charge in [-0.1, -0.05) is 42.5 Å². The molecule has 4 rings (SSSR count). The van der Waals surface area contributed by atoms with Crippen LogP contribution in [0.4, 0.5) is 16.2 Å². The van der Waals surface area contributed by atoms with Gasteiger partial charge in [-0.2, -0.15) is 0 Å². The van der Waals surface area contributed by atoms with E-state index in [-0.39, 0.29) is 18.9 Å². The molecule has 0 aromatic heterocycles. The second kappa shape index (κ2) is 9.56. The quantitative estimate of drug-likeness (QED) is 0.550. The molecule has 1 aliphatic rings. The number of aryl methyl sites for hydroxylation is 1. The number of hydrogen-bond acceptors (Lipinski definition) is 4. The van der Waals surface area contributed by atoms with E-state index in [1.54, 1.807) is 49.6 Å². The summed E-state index contributed by atoms with van der Waals surface area (Å²) in [4.78, 5) is 42.1. The van der Waals surface area contributed by atoms with Crippen molar-refractivity contribution in [1.29, 1.82) is 0 Å². The number of ether oxygens (including phenoxy) is 1. The van der Waals surface area contributed by atoms with Crippen LogP contribution < -0.4 is 15.0 Å². The highest BCUT2D eigenvalue weighted by atomic mass is 16.5. The lowest BCUT2D eigenvalue weighted by molar-refractivity contribution is -0.124. The fourth-order valence-corrected chi connectivity index (χ4v) is 3.86. The van der Waals surface area contributed by atoms with Gasteiger partial charge in [0, 0.05) is 12.2 Å². The van der Waals surface area contributed by atoms with Crippen LogP contribution in [0.25, 0.3) is 0 Å². The molecule has 1 heterocycles. The largest absolute Gasteiger partial charge is 0.497 e. The first-order chi connectivity index (χ1) is 16.0. The number of imide groups is 1. The number of urea groups is 1. The Kier molecular flexibility index (Phi) is 6.40. The SMILES string of the molecule is COc1ccc(CN2C(=O)N(c3cccc(C)c3)C(=O)[C@@H]2CC(=O)Nc2ccccc2)cc1. The van der Waals surface area contributed by atoms with E-state index in [0.29, 0.717) is 17.1 Å². The maximum Gasteiger partial charge on any atom is 0.332 e. The number of hydrogen-bond donors (Lipinski definition) is 1. The lowest BCUT2D eigenvalue weighted by Gasteiger charge is -2.22. The summed E-state index contributed by atoms with van der Waals surface area (Å²) in [6, 6.07) is 22.2. The molecule has 168 valence electrons. The maximum atomic E-state index is 13.4. The van der Waals surface area contributed by atoms with Crippen molar-refractivity contribution in [3.8, 4) is 5.75 Å². The summed E-state index contributed by atoms with van der Waals surface area (Å²) in [5.41, 5.74) is 2.89. The average molecular weight is 444 g/mol. The number of rotatable bonds is 7. The second-order valence-electron chi connectivity index (χ2n) is 7.91. The highest BCUT2D eigenvalue weighted by Gasteiger charge is 2.46. The molecule has 1 N–H and O–H groups in total. The van der Waals surface area contributed by atoms with E-state index >= 15 is 0 Å². The third-order valence-corrected chi connectivity index (χ3v) is 5.53. The van der Waals surface area contributed by atoms with Crippen molar-refractivity contribution < 1.29 is 19.1 Å². The Morgan fingerprint density at radius 3 is 2.36 bits per heavy atom. The molecule has 7 heteroatoms. The molecule has 3 aromatic rings. The van der Waals surface area contributed by atoms with Crippen LogP contribution in [0, 0.1) is 6.92 Å². The van der Waals surface area contributed by atoms with E-state index in [2.05, 4.69) is 5.32 Å². The maximum absolute atomic E-state index is 13.4. The molecule has 0 bridgehead atoms. The molecule has 0 aliphatic carbocycles. The van der Waals surface area contributed by atoms with Crippen molar-refractivity contribution in [2.75, 3.05) is 17.3 Å². The molecule has 4 amide bonds. The first-order valence-corrected chi connectivity index (χ1v) is 10.7. The van der Waals surface area contributed by atoms with Gasteiger partial charge in [-0.15, -0.1) is 0 Å². The van der Waals surface area contributed by atoms with Gasteiger partial charge in [0.2, 0.25) is 5.91 Å². The molecular formula is C26H25N3O4.